The van der Waals surface area contributed by atoms with Crippen molar-refractivity contribution in [1.82, 2.24) is 9.78 Å². The van der Waals surface area contributed by atoms with Crippen molar-refractivity contribution >= 4 is 6.29 Å². The first-order chi connectivity index (χ1) is 8.20. The molecular weight excluding hydrogens is 230 g/mol. The molecule has 1 aromatic carbocycles. The maximum Gasteiger partial charge on any atom is 0.180 e. The van der Waals surface area contributed by atoms with E-state index in [0.29, 0.717) is 0 Å². The molecule has 0 radical (unpaired) electrons. The van der Waals surface area contributed by atoms with E-state index in [1.54, 1.807) is 18.5 Å². The molecule has 1 heterocycles. The van der Waals surface area contributed by atoms with Gasteiger partial charge in [0.25, 0.3) is 0 Å². The van der Waals surface area contributed by atoms with Gasteiger partial charge >= 0.3 is 0 Å². The van der Waals surface area contributed by atoms with Crippen molar-refractivity contribution in [2.75, 3.05) is 0 Å². The number of benzene rings is 1. The smallest absolute Gasteiger partial charge is 0.180 e. The average molecular weight is 238 g/mol. The molecule has 0 aliphatic rings. The van der Waals surface area contributed by atoms with Crippen LogP contribution in [0.25, 0.3) is 0 Å². The van der Waals surface area contributed by atoms with Gasteiger partial charge in [-0.05, 0) is 6.07 Å². The number of aldehydes is 1. The third-order valence-corrected chi connectivity index (χ3v) is 2.09. The molecule has 0 bridgehead atoms. The average Bonchev–Trinajstić information content (AvgIpc) is 2.79. The van der Waals surface area contributed by atoms with Gasteiger partial charge in [-0.15, -0.1) is 0 Å². The van der Waals surface area contributed by atoms with Crippen LogP contribution < -0.4 is 4.74 Å². The first-order valence-corrected chi connectivity index (χ1v) is 4.75. The third-order valence-electron chi connectivity index (χ3n) is 2.09. The SMILES string of the molecule is O=Cc1c(F)cc(OCn2cccn2)cc1F. The number of rotatable bonds is 4. The molecule has 0 N–H and O–H groups in total. The van der Waals surface area contributed by atoms with Gasteiger partial charge in [0.15, 0.2) is 13.0 Å². The Morgan fingerprint density at radius 3 is 2.59 bits per heavy atom. The predicted molar refractivity (Wildman–Crippen MR) is 54.6 cm³/mol. The minimum atomic E-state index is -0.949. The topological polar surface area (TPSA) is 44.1 Å². The Bertz CT molecular complexity index is 503. The maximum absolute atomic E-state index is 13.2. The number of carbonyl (C=O) groups excluding carboxylic acids is 1. The van der Waals surface area contributed by atoms with Crippen molar-refractivity contribution in [3.63, 3.8) is 0 Å². The van der Waals surface area contributed by atoms with Crippen LogP contribution in [0.4, 0.5) is 8.78 Å². The van der Waals surface area contributed by atoms with Crippen molar-refractivity contribution < 1.29 is 18.3 Å². The van der Waals surface area contributed by atoms with E-state index in [1.165, 1.54) is 4.68 Å². The summed E-state index contributed by atoms with van der Waals surface area (Å²) in [5.74, 6) is -1.90. The quantitative estimate of drug-likeness (QED) is 0.765. The van der Waals surface area contributed by atoms with Gasteiger partial charge in [-0.2, -0.15) is 5.10 Å². The Morgan fingerprint density at radius 2 is 2.06 bits per heavy atom. The van der Waals surface area contributed by atoms with E-state index in [9.17, 15) is 13.6 Å². The number of carbonyl (C=O) groups is 1. The van der Waals surface area contributed by atoms with Crippen LogP contribution in [0.1, 0.15) is 10.4 Å². The number of aromatic nitrogens is 2. The molecule has 0 fully saturated rings. The van der Waals surface area contributed by atoms with Crippen molar-refractivity contribution in [2.45, 2.75) is 6.73 Å². The Kier molecular flexibility index (Phi) is 3.13. The summed E-state index contributed by atoms with van der Waals surface area (Å²) < 4.78 is 33.0. The standard InChI is InChI=1S/C11H8F2N2O2/c12-10-4-8(5-11(13)9(10)6-16)17-7-15-3-1-2-14-15/h1-6H,7H2. The van der Waals surface area contributed by atoms with Gasteiger partial charge in [-0.3, -0.25) is 4.79 Å². The lowest BCUT2D eigenvalue weighted by molar-refractivity contribution is 0.111. The second-order valence-corrected chi connectivity index (χ2v) is 3.24. The lowest BCUT2D eigenvalue weighted by atomic mass is 10.2. The van der Waals surface area contributed by atoms with Crippen molar-refractivity contribution in [3.8, 4) is 5.75 Å². The lowest BCUT2D eigenvalue weighted by Crippen LogP contribution is -2.06. The van der Waals surface area contributed by atoms with Gasteiger partial charge in [-0.25, -0.2) is 13.5 Å². The molecule has 88 valence electrons. The predicted octanol–water partition coefficient (Wildman–Crippen LogP) is 2.01. The highest BCUT2D eigenvalue weighted by molar-refractivity contribution is 5.75. The molecule has 0 saturated carbocycles. The molecule has 0 aliphatic heterocycles. The van der Waals surface area contributed by atoms with E-state index in [-0.39, 0.29) is 18.8 Å². The van der Waals surface area contributed by atoms with Crippen LogP contribution in [0.2, 0.25) is 0 Å². The number of hydrogen-bond donors (Lipinski definition) is 0. The van der Waals surface area contributed by atoms with Gasteiger partial charge in [-0.1, -0.05) is 0 Å². The van der Waals surface area contributed by atoms with Crippen molar-refractivity contribution in [2.24, 2.45) is 0 Å². The number of hydrogen-bond acceptors (Lipinski definition) is 3. The van der Waals surface area contributed by atoms with Crippen LogP contribution in [0, 0.1) is 11.6 Å². The summed E-state index contributed by atoms with van der Waals surface area (Å²) in [5, 5.41) is 3.86. The first-order valence-electron chi connectivity index (χ1n) is 4.75. The van der Waals surface area contributed by atoms with Gasteiger partial charge in [0.05, 0.1) is 5.56 Å². The molecule has 0 aliphatic carbocycles. The first kappa shape index (κ1) is 11.3. The summed E-state index contributed by atoms with van der Waals surface area (Å²) >= 11 is 0. The molecular formula is C11H8F2N2O2. The third kappa shape index (κ3) is 2.47. The molecule has 0 atom stereocenters. The molecule has 1 aromatic heterocycles. The summed E-state index contributed by atoms with van der Waals surface area (Å²) in [6.45, 7) is 0.0340. The Morgan fingerprint density at radius 1 is 1.35 bits per heavy atom. The lowest BCUT2D eigenvalue weighted by Gasteiger charge is -2.07. The highest BCUT2D eigenvalue weighted by atomic mass is 19.1. The van der Waals surface area contributed by atoms with Crippen LogP contribution in [-0.2, 0) is 6.73 Å². The summed E-state index contributed by atoms with van der Waals surface area (Å²) in [6, 6.07) is 3.60. The van der Waals surface area contributed by atoms with Crippen LogP contribution in [-0.4, -0.2) is 16.1 Å². The molecule has 0 saturated heterocycles. The molecule has 2 aromatic rings. The van der Waals surface area contributed by atoms with E-state index in [0.717, 1.165) is 12.1 Å². The zero-order chi connectivity index (χ0) is 12.3. The summed E-state index contributed by atoms with van der Waals surface area (Å²) in [5.41, 5.74) is -0.601. The van der Waals surface area contributed by atoms with E-state index >= 15 is 0 Å². The van der Waals surface area contributed by atoms with E-state index < -0.39 is 17.2 Å². The number of halogens is 2. The zero-order valence-electron chi connectivity index (χ0n) is 8.64. The normalized spacial score (nSPS) is 10.2. The fourth-order valence-corrected chi connectivity index (χ4v) is 1.27. The zero-order valence-corrected chi connectivity index (χ0v) is 8.64. The van der Waals surface area contributed by atoms with E-state index in [4.69, 9.17) is 4.74 Å². The van der Waals surface area contributed by atoms with Crippen LogP contribution >= 0.6 is 0 Å². The largest absolute Gasteiger partial charge is 0.471 e. The van der Waals surface area contributed by atoms with Crippen LogP contribution in [0.15, 0.2) is 30.6 Å². The second-order valence-electron chi connectivity index (χ2n) is 3.24. The molecule has 0 spiro atoms. The highest BCUT2D eigenvalue weighted by Crippen LogP contribution is 2.19. The molecule has 0 unspecified atom stereocenters. The Labute approximate surface area is 95.4 Å². The van der Waals surface area contributed by atoms with Gasteiger partial charge in [0, 0.05) is 24.5 Å². The summed E-state index contributed by atoms with van der Waals surface area (Å²) in [4.78, 5) is 10.4. The molecule has 4 nitrogen and oxygen atoms in total. The summed E-state index contributed by atoms with van der Waals surface area (Å²) in [7, 11) is 0. The van der Waals surface area contributed by atoms with E-state index in [2.05, 4.69) is 5.10 Å². The highest BCUT2D eigenvalue weighted by Gasteiger charge is 2.10. The molecule has 0 amide bonds. The number of ether oxygens (including phenoxy) is 1. The van der Waals surface area contributed by atoms with Gasteiger partial charge in [0.1, 0.15) is 17.4 Å². The van der Waals surface area contributed by atoms with Crippen LogP contribution in [0.5, 0.6) is 5.75 Å². The van der Waals surface area contributed by atoms with Gasteiger partial charge in [0.2, 0.25) is 0 Å². The Hall–Kier alpha value is -2.24. The fourth-order valence-electron chi connectivity index (χ4n) is 1.27. The van der Waals surface area contributed by atoms with Crippen molar-refractivity contribution in [1.29, 1.82) is 0 Å². The molecule has 17 heavy (non-hydrogen) atoms. The van der Waals surface area contributed by atoms with Crippen LogP contribution in [0.3, 0.4) is 0 Å². The van der Waals surface area contributed by atoms with E-state index in [1.807, 2.05) is 0 Å². The van der Waals surface area contributed by atoms with Crippen molar-refractivity contribution in [3.05, 3.63) is 47.8 Å². The summed E-state index contributed by atoms with van der Waals surface area (Å²) in [6.07, 6.45) is 3.33. The number of nitrogens with zero attached hydrogens (tertiary/aromatic N) is 2. The monoisotopic (exact) mass is 238 g/mol. The fraction of sp³-hybridized carbons (Fsp3) is 0.0909. The molecule has 2 rings (SSSR count). The van der Waals surface area contributed by atoms with Gasteiger partial charge < -0.3 is 4.74 Å². The molecule has 6 heteroatoms. The minimum absolute atomic E-state index is 0.00102. The Balaban J connectivity index is 2.14. The maximum atomic E-state index is 13.2. The minimum Gasteiger partial charge on any atom is -0.471 e. The second kappa shape index (κ2) is 4.73.